The average molecular weight is 534 g/mol. The Bertz CT molecular complexity index is 1340. The molecule has 3 aromatic rings. The van der Waals surface area contributed by atoms with Gasteiger partial charge in [-0.25, -0.2) is 4.79 Å². The van der Waals surface area contributed by atoms with E-state index in [4.69, 9.17) is 11.6 Å². The molecule has 33 heavy (non-hydrogen) atoms. The minimum atomic E-state index is -0.883. The summed E-state index contributed by atoms with van der Waals surface area (Å²) in [4.78, 5) is 48.6. The average Bonchev–Trinajstić information content (AvgIpc) is 2.75. The van der Waals surface area contributed by atoms with Crippen molar-refractivity contribution in [1.29, 1.82) is 0 Å². The summed E-state index contributed by atoms with van der Waals surface area (Å²) in [5.74, 6) is -0.952. The molecule has 1 aromatic heterocycles. The number of piperidine rings is 1. The van der Waals surface area contributed by atoms with Crippen LogP contribution in [0.3, 0.4) is 0 Å². The summed E-state index contributed by atoms with van der Waals surface area (Å²) in [7, 11) is 0. The van der Waals surface area contributed by atoms with E-state index in [1.807, 2.05) is 13.0 Å². The Labute approximate surface area is 200 Å². The Balaban J connectivity index is 1.48. The van der Waals surface area contributed by atoms with Gasteiger partial charge in [-0.1, -0.05) is 38.8 Å². The molecule has 4 amide bonds. The van der Waals surface area contributed by atoms with Crippen LogP contribution in [-0.4, -0.2) is 32.8 Å². The normalized spacial score (nSPS) is 15.9. The molecule has 1 fully saturated rings. The van der Waals surface area contributed by atoms with Gasteiger partial charge in [0, 0.05) is 17.4 Å². The van der Waals surface area contributed by atoms with E-state index >= 15 is 0 Å². The van der Waals surface area contributed by atoms with Crippen LogP contribution in [0.15, 0.2) is 39.6 Å². The van der Waals surface area contributed by atoms with Crippen molar-refractivity contribution in [3.05, 3.63) is 61.3 Å². The molecule has 1 atom stereocenters. The maximum atomic E-state index is 12.8. The number of carbonyl (C=O) groups excluding carboxylic acids is 3. The first-order valence-corrected chi connectivity index (χ1v) is 11.1. The molecule has 0 spiro atoms. The third-order valence-electron chi connectivity index (χ3n) is 5.20. The molecule has 10 nitrogen and oxygen atoms in total. The first kappa shape index (κ1) is 22.9. The van der Waals surface area contributed by atoms with Crippen LogP contribution in [0, 0.1) is 6.92 Å². The van der Waals surface area contributed by atoms with E-state index in [-0.39, 0.29) is 30.7 Å². The standard InChI is InChI=1S/C21H18BrClN6O4/c1-10-6-12(22)8-14(23)18(10)26-21(33)24-9-11-2-3-13-15(7-11)27-28-29(20(13)32)16-4-5-17(30)25-19(16)31/h2-3,6-8,16H,4-5,9H2,1H3,(H2,24,26,33)(H,25,30,31). The first-order chi connectivity index (χ1) is 15.7. The molecule has 0 radical (unpaired) electrons. The topological polar surface area (TPSA) is 135 Å². The number of nitrogens with zero attached hydrogens (tertiary/aromatic N) is 3. The van der Waals surface area contributed by atoms with Gasteiger partial charge in [-0.2, -0.15) is 4.68 Å². The van der Waals surface area contributed by atoms with E-state index in [1.54, 1.807) is 24.3 Å². The molecule has 3 N–H and O–H groups in total. The van der Waals surface area contributed by atoms with Crippen molar-refractivity contribution in [3.8, 4) is 0 Å². The van der Waals surface area contributed by atoms with Crippen LogP contribution in [0.1, 0.15) is 30.0 Å². The van der Waals surface area contributed by atoms with E-state index in [9.17, 15) is 19.2 Å². The number of nitrogens with one attached hydrogen (secondary N) is 3. The highest BCUT2D eigenvalue weighted by Crippen LogP contribution is 2.29. The Morgan fingerprint density at radius 1 is 1.27 bits per heavy atom. The van der Waals surface area contributed by atoms with Crippen molar-refractivity contribution in [3.63, 3.8) is 0 Å². The Hall–Kier alpha value is -3.31. The first-order valence-electron chi connectivity index (χ1n) is 9.95. The van der Waals surface area contributed by atoms with Crippen molar-refractivity contribution < 1.29 is 14.4 Å². The summed E-state index contributed by atoms with van der Waals surface area (Å²) in [5.41, 5.74) is 1.86. The summed E-state index contributed by atoms with van der Waals surface area (Å²) in [5, 5.41) is 16.3. The summed E-state index contributed by atoms with van der Waals surface area (Å²) >= 11 is 9.55. The molecule has 4 rings (SSSR count). The number of carbonyl (C=O) groups is 3. The Morgan fingerprint density at radius 2 is 2.06 bits per heavy atom. The second-order valence-corrected chi connectivity index (χ2v) is 8.87. The number of anilines is 1. The maximum Gasteiger partial charge on any atom is 0.319 e. The van der Waals surface area contributed by atoms with Crippen LogP contribution < -0.4 is 21.5 Å². The molecule has 1 unspecified atom stereocenters. The highest BCUT2D eigenvalue weighted by Gasteiger charge is 2.30. The fourth-order valence-electron chi connectivity index (χ4n) is 3.53. The van der Waals surface area contributed by atoms with Crippen LogP contribution in [0.4, 0.5) is 10.5 Å². The van der Waals surface area contributed by atoms with Gasteiger partial charge in [-0.05, 0) is 48.7 Å². The minimum absolute atomic E-state index is 0.125. The predicted molar refractivity (Wildman–Crippen MR) is 125 cm³/mol. The zero-order valence-corrected chi connectivity index (χ0v) is 19.7. The summed E-state index contributed by atoms with van der Waals surface area (Å²) in [6.45, 7) is 2.00. The highest BCUT2D eigenvalue weighted by molar-refractivity contribution is 9.10. The van der Waals surface area contributed by atoms with Crippen LogP contribution in [0.2, 0.25) is 5.02 Å². The van der Waals surface area contributed by atoms with Crippen LogP contribution in [0.5, 0.6) is 0 Å². The van der Waals surface area contributed by atoms with Gasteiger partial charge in [0.1, 0.15) is 11.6 Å². The number of fused-ring (bicyclic) bond motifs is 1. The second-order valence-electron chi connectivity index (χ2n) is 7.54. The number of urea groups is 1. The smallest absolute Gasteiger partial charge is 0.319 e. The van der Waals surface area contributed by atoms with Gasteiger partial charge in [-0.15, -0.1) is 5.10 Å². The molecule has 0 aliphatic carbocycles. The van der Waals surface area contributed by atoms with Gasteiger partial charge in [-0.3, -0.25) is 19.7 Å². The van der Waals surface area contributed by atoms with Crippen LogP contribution >= 0.6 is 27.5 Å². The van der Waals surface area contributed by atoms with Crippen molar-refractivity contribution in [1.82, 2.24) is 25.6 Å². The molecule has 1 saturated heterocycles. The molecular formula is C21H18BrClN6O4. The monoisotopic (exact) mass is 532 g/mol. The quantitative estimate of drug-likeness (QED) is 0.442. The van der Waals surface area contributed by atoms with E-state index in [0.717, 1.165) is 14.7 Å². The summed E-state index contributed by atoms with van der Waals surface area (Å²) in [6.07, 6.45) is 0.309. The second kappa shape index (κ2) is 9.28. The number of amides is 4. The highest BCUT2D eigenvalue weighted by atomic mass is 79.9. The number of rotatable bonds is 4. The van der Waals surface area contributed by atoms with Crippen LogP contribution in [0.25, 0.3) is 10.9 Å². The van der Waals surface area contributed by atoms with E-state index < -0.39 is 23.5 Å². The van der Waals surface area contributed by atoms with Crippen molar-refractivity contribution in [2.45, 2.75) is 32.4 Å². The summed E-state index contributed by atoms with van der Waals surface area (Å²) in [6, 6.07) is 7.08. The third kappa shape index (κ3) is 4.88. The maximum absolute atomic E-state index is 12.8. The molecule has 2 aromatic carbocycles. The largest absolute Gasteiger partial charge is 0.334 e. The van der Waals surface area contributed by atoms with Crippen molar-refractivity contribution in [2.24, 2.45) is 0 Å². The lowest BCUT2D eigenvalue weighted by atomic mass is 10.1. The number of hydrogen-bond donors (Lipinski definition) is 3. The number of halogens is 2. The summed E-state index contributed by atoms with van der Waals surface area (Å²) < 4.78 is 1.81. The van der Waals surface area contributed by atoms with Gasteiger partial charge in [0.25, 0.3) is 11.5 Å². The zero-order chi connectivity index (χ0) is 23.7. The molecule has 1 aliphatic rings. The van der Waals surface area contributed by atoms with Gasteiger partial charge >= 0.3 is 6.03 Å². The Kier molecular flexibility index (Phi) is 6.43. The fraction of sp³-hybridized carbons (Fsp3) is 0.238. The van der Waals surface area contributed by atoms with Gasteiger partial charge in [0.15, 0.2) is 0 Å². The van der Waals surface area contributed by atoms with Crippen molar-refractivity contribution in [2.75, 3.05) is 5.32 Å². The van der Waals surface area contributed by atoms with Gasteiger partial charge < -0.3 is 10.6 Å². The number of benzene rings is 2. The third-order valence-corrected chi connectivity index (χ3v) is 5.95. The number of imide groups is 1. The molecule has 0 saturated carbocycles. The molecular weight excluding hydrogens is 516 g/mol. The zero-order valence-electron chi connectivity index (χ0n) is 17.3. The number of aromatic nitrogens is 3. The minimum Gasteiger partial charge on any atom is -0.334 e. The fourth-order valence-corrected chi connectivity index (χ4v) is 4.55. The Morgan fingerprint density at radius 3 is 2.79 bits per heavy atom. The van der Waals surface area contributed by atoms with Gasteiger partial charge in [0.05, 0.1) is 16.1 Å². The molecule has 2 heterocycles. The molecule has 0 bridgehead atoms. The number of aryl methyl sites for hydroxylation is 1. The SMILES string of the molecule is Cc1cc(Br)cc(Cl)c1NC(=O)NCc1ccc2c(=O)n(C3CCC(=O)NC3=O)nnc2c1. The molecule has 170 valence electrons. The van der Waals surface area contributed by atoms with Gasteiger partial charge in [0.2, 0.25) is 5.91 Å². The van der Waals surface area contributed by atoms with Crippen molar-refractivity contribution >= 4 is 62.0 Å². The van der Waals surface area contributed by atoms with Crippen LogP contribution in [-0.2, 0) is 16.1 Å². The lowest BCUT2D eigenvalue weighted by Crippen LogP contribution is -2.45. The van der Waals surface area contributed by atoms with E-state index in [1.165, 1.54) is 0 Å². The number of hydrogen-bond acceptors (Lipinski definition) is 6. The lowest BCUT2D eigenvalue weighted by molar-refractivity contribution is -0.136. The molecule has 12 heteroatoms. The lowest BCUT2D eigenvalue weighted by Gasteiger charge is -2.21. The van der Waals surface area contributed by atoms with E-state index in [0.29, 0.717) is 21.8 Å². The predicted octanol–water partition coefficient (Wildman–Crippen LogP) is 2.82. The molecule has 1 aliphatic heterocycles. The van der Waals surface area contributed by atoms with E-state index in [2.05, 4.69) is 42.2 Å².